The molecule has 0 unspecified atom stereocenters. The summed E-state index contributed by atoms with van der Waals surface area (Å²) >= 11 is 0. The molecule has 0 aromatic carbocycles. The third-order valence-corrected chi connectivity index (χ3v) is 17.0. The molecule has 0 fully saturated rings. The molecular formula is C87H176O27. The van der Waals surface area contributed by atoms with Crippen LogP contribution >= 0.6 is 0 Å². The molecule has 0 aliphatic carbocycles. The third kappa shape index (κ3) is 146. The van der Waals surface area contributed by atoms with Gasteiger partial charge in [0.2, 0.25) is 0 Å². The summed E-state index contributed by atoms with van der Waals surface area (Å²) in [7, 11) is 0. The molecule has 23 N–H and O–H groups in total. The van der Waals surface area contributed by atoms with Gasteiger partial charge in [-0.15, -0.1) is 0 Å². The van der Waals surface area contributed by atoms with Gasteiger partial charge in [0.1, 0.15) is 30.5 Å². The molecule has 0 aliphatic heterocycles. The summed E-state index contributed by atoms with van der Waals surface area (Å²) in [4.78, 5) is 41.3. The number of aliphatic carboxylic acids is 4. The van der Waals surface area contributed by atoms with Gasteiger partial charge in [-0.3, -0.25) is 19.2 Å². The van der Waals surface area contributed by atoms with Crippen molar-refractivity contribution in [3.8, 4) is 0 Å². The maximum absolute atomic E-state index is 10.3. The monoisotopic (exact) mass is 1650 g/mol. The number of aliphatic hydroxyl groups is 19. The fourth-order valence-corrected chi connectivity index (χ4v) is 9.75. The first-order valence-electron chi connectivity index (χ1n) is 43.4. The van der Waals surface area contributed by atoms with Crippen LogP contribution < -0.4 is 0 Å². The van der Waals surface area contributed by atoms with Crippen LogP contribution in [0.5, 0.6) is 0 Å². The van der Waals surface area contributed by atoms with E-state index in [1.807, 2.05) is 0 Å². The second-order valence-corrected chi connectivity index (χ2v) is 28.7. The van der Waals surface area contributed by atoms with Gasteiger partial charge in [-0.25, -0.2) is 0 Å². The van der Waals surface area contributed by atoms with E-state index < -0.39 is 54.4 Å². The van der Waals surface area contributed by atoms with Gasteiger partial charge in [0.15, 0.2) is 0 Å². The van der Waals surface area contributed by atoms with E-state index in [0.29, 0.717) is 25.7 Å². The summed E-state index contributed by atoms with van der Waals surface area (Å²) in [6.07, 6.45) is 64.7. The molecule has 0 saturated heterocycles. The topological polar surface area (TPSA) is 534 Å². The van der Waals surface area contributed by atoms with Crippen LogP contribution in [0, 0.1) is 0 Å². The Morgan fingerprint density at radius 2 is 0.333 bits per heavy atom. The van der Waals surface area contributed by atoms with Gasteiger partial charge in [0, 0.05) is 25.7 Å². The van der Waals surface area contributed by atoms with Crippen molar-refractivity contribution in [2.75, 3.05) is 66.1 Å². The number of hydrogen-bond acceptors (Lipinski definition) is 23. The molecule has 686 valence electrons. The largest absolute Gasteiger partial charge is 0.481 e. The molecule has 0 aromatic rings. The van der Waals surface area contributed by atoms with Crippen molar-refractivity contribution in [3.63, 3.8) is 0 Å². The van der Waals surface area contributed by atoms with Crippen molar-refractivity contribution in [3.05, 3.63) is 48.6 Å². The summed E-state index contributed by atoms with van der Waals surface area (Å²) in [5, 5.41) is 193. The van der Waals surface area contributed by atoms with Crippen LogP contribution in [0.4, 0.5) is 0 Å². The van der Waals surface area contributed by atoms with Crippen LogP contribution in [0.25, 0.3) is 0 Å². The predicted molar refractivity (Wildman–Crippen MR) is 455 cm³/mol. The maximum atomic E-state index is 10.3. The van der Waals surface area contributed by atoms with Crippen LogP contribution in [0.2, 0.25) is 0 Å². The van der Waals surface area contributed by atoms with E-state index in [9.17, 15) is 39.6 Å². The molecule has 27 heteroatoms. The van der Waals surface area contributed by atoms with Crippen LogP contribution in [0.3, 0.4) is 0 Å². The Hall–Kier alpha value is -3.92. The van der Waals surface area contributed by atoms with Gasteiger partial charge in [0.05, 0.1) is 90.5 Å². The SMILES string of the molecule is CCCCCC[C@@H](O)C/C=C\CCCCCCCC(=O)O.CCCCCC[C@@H](O)C/C=C\CCCCCCCC(=O)O.CCCCCC[C@@H](O)C/C=C\CCCCCCCC(=O)O.CCCCCC[C@@H](O)C/C=C\CCCCCCCC(=O)O.OCC(O)CO.OCC(O)CO.OCC(O)CO.OCC(O)CO.OCC(O)CO. The summed E-state index contributed by atoms with van der Waals surface area (Å²) in [5.41, 5.74) is 0. The van der Waals surface area contributed by atoms with E-state index in [1.54, 1.807) is 0 Å². The molecule has 0 amide bonds. The highest BCUT2D eigenvalue weighted by Gasteiger charge is 2.07. The fourth-order valence-electron chi connectivity index (χ4n) is 9.75. The molecular weight excluding hydrogens is 1480 g/mol. The van der Waals surface area contributed by atoms with E-state index in [0.717, 1.165) is 205 Å². The Morgan fingerprint density at radius 3 is 0.465 bits per heavy atom. The van der Waals surface area contributed by atoms with Gasteiger partial charge >= 0.3 is 23.9 Å². The molecule has 0 bridgehead atoms. The maximum Gasteiger partial charge on any atom is 0.303 e. The molecule has 114 heavy (non-hydrogen) atoms. The number of hydrogen-bond donors (Lipinski definition) is 23. The van der Waals surface area contributed by atoms with Crippen molar-refractivity contribution in [2.45, 2.75) is 417 Å². The molecule has 0 aliphatic rings. The van der Waals surface area contributed by atoms with E-state index in [4.69, 9.17) is 97.0 Å². The Balaban J connectivity index is -0.000000164. The lowest BCUT2D eigenvalue weighted by Gasteiger charge is -2.07. The molecule has 0 rings (SSSR count). The number of carboxylic acid groups (broad SMARTS) is 4. The number of carbonyl (C=O) groups is 4. The minimum atomic E-state index is -0.954. The molecule has 0 saturated carbocycles. The number of unbranched alkanes of at least 4 members (excludes halogenated alkanes) is 32. The number of allylic oxidation sites excluding steroid dienone is 4. The van der Waals surface area contributed by atoms with Gasteiger partial charge in [-0.2, -0.15) is 0 Å². The van der Waals surface area contributed by atoms with Crippen LogP contribution in [-0.4, -0.2) is 262 Å². The quantitative estimate of drug-likeness (QED) is 0.0199. The average Bonchev–Trinajstić information content (AvgIpc) is 1.08. The standard InChI is InChI=1S/4C18H34O3.5C3H8O3/c4*1-2-3-4-11-14-17(19)15-12-9-7-5-6-8-10-13-16-18(20)21;5*4-1-3(6)2-5/h4*9,12,17,19H,2-8,10-11,13-16H2,1H3,(H,20,21);5*3-6H,1-2H2/b4*12-9-;;;;;/t4*17-;;;;;/m1111...../s1. The Kier molecular flexibility index (Phi) is 130. The van der Waals surface area contributed by atoms with Gasteiger partial charge in [-0.05, 0) is 128 Å². The van der Waals surface area contributed by atoms with Gasteiger partial charge in [0.25, 0.3) is 0 Å². The second kappa shape index (κ2) is 115. The predicted octanol–water partition coefficient (Wildman–Crippen LogP) is 12.0. The Bertz CT molecular complexity index is 1640. The highest BCUT2D eigenvalue weighted by molar-refractivity contribution is 5.67. The Labute approximate surface area is 688 Å². The van der Waals surface area contributed by atoms with E-state index >= 15 is 0 Å². The van der Waals surface area contributed by atoms with Gasteiger partial charge < -0.3 is 117 Å². The van der Waals surface area contributed by atoms with Crippen LogP contribution in [0.15, 0.2) is 48.6 Å². The average molecular weight is 1650 g/mol. The van der Waals surface area contributed by atoms with Crippen LogP contribution in [-0.2, 0) is 19.2 Å². The van der Waals surface area contributed by atoms with Gasteiger partial charge in [-0.1, -0.05) is 256 Å². The molecule has 27 nitrogen and oxygen atoms in total. The normalized spacial score (nSPS) is 12.1. The number of rotatable bonds is 70. The van der Waals surface area contributed by atoms with Crippen molar-refractivity contribution < 1.29 is 137 Å². The third-order valence-electron chi connectivity index (χ3n) is 17.0. The zero-order valence-electron chi connectivity index (χ0n) is 71.6. The Morgan fingerprint density at radius 1 is 0.193 bits per heavy atom. The summed E-state index contributed by atoms with van der Waals surface area (Å²) in [6, 6.07) is 0. The summed E-state index contributed by atoms with van der Waals surface area (Å²) in [6.45, 7) is 5.15. The molecule has 0 radical (unpaired) electrons. The smallest absolute Gasteiger partial charge is 0.303 e. The second-order valence-electron chi connectivity index (χ2n) is 28.7. The lowest BCUT2D eigenvalue weighted by Crippen LogP contribution is -2.15. The lowest BCUT2D eigenvalue weighted by molar-refractivity contribution is -0.138. The summed E-state index contributed by atoms with van der Waals surface area (Å²) < 4.78 is 0. The highest BCUT2D eigenvalue weighted by atomic mass is 16.4. The first-order valence-corrected chi connectivity index (χ1v) is 43.4. The minimum Gasteiger partial charge on any atom is -0.481 e. The zero-order valence-corrected chi connectivity index (χ0v) is 71.6. The molecule has 0 heterocycles. The van der Waals surface area contributed by atoms with Crippen LogP contribution in [0.1, 0.15) is 362 Å². The highest BCUT2D eigenvalue weighted by Crippen LogP contribution is 2.16. The van der Waals surface area contributed by atoms with Crippen molar-refractivity contribution in [1.29, 1.82) is 0 Å². The number of aliphatic hydroxyl groups excluding tert-OH is 19. The lowest BCUT2D eigenvalue weighted by atomic mass is 10.1. The first-order chi connectivity index (χ1) is 54.7. The zero-order chi connectivity index (χ0) is 88.0. The van der Waals surface area contributed by atoms with E-state index in [2.05, 4.69) is 76.3 Å². The summed E-state index contributed by atoms with van der Waals surface area (Å²) in [5.74, 6) is -2.75. The van der Waals surface area contributed by atoms with Crippen molar-refractivity contribution in [2.24, 2.45) is 0 Å². The van der Waals surface area contributed by atoms with Crippen molar-refractivity contribution >= 4 is 23.9 Å². The molecule has 0 spiro atoms. The van der Waals surface area contributed by atoms with E-state index in [-0.39, 0.29) is 90.5 Å². The number of carboxylic acids is 4. The molecule has 0 aromatic heterocycles. The first kappa shape index (κ1) is 128. The van der Waals surface area contributed by atoms with E-state index in [1.165, 1.54) is 103 Å². The fraction of sp³-hybridized carbons (Fsp3) is 0.862. The molecule has 4 atom stereocenters. The minimum absolute atomic E-state index is 0.172. The van der Waals surface area contributed by atoms with Crippen molar-refractivity contribution in [1.82, 2.24) is 0 Å².